The van der Waals surface area contributed by atoms with Crippen molar-refractivity contribution in [3.05, 3.63) is 98.1 Å². The van der Waals surface area contributed by atoms with Gasteiger partial charge in [0.05, 0.1) is 47.6 Å². The summed E-state index contributed by atoms with van der Waals surface area (Å²) in [6.45, 7) is 5.83. The van der Waals surface area contributed by atoms with Crippen molar-refractivity contribution in [1.29, 1.82) is 0 Å². The molecule has 6 N–H and O–H groups in total. The Morgan fingerprint density at radius 2 is 1.67 bits per heavy atom. The summed E-state index contributed by atoms with van der Waals surface area (Å²) in [5, 5.41) is 20.6. The van der Waals surface area contributed by atoms with Crippen LogP contribution in [0.5, 0.6) is 0 Å². The van der Waals surface area contributed by atoms with Gasteiger partial charge < -0.3 is 41.0 Å². The van der Waals surface area contributed by atoms with Crippen LogP contribution in [0.3, 0.4) is 0 Å². The number of likely N-dealkylation sites (N-methyl/N-ethyl adjacent to an activating group) is 1. The predicted octanol–water partition coefficient (Wildman–Crippen LogP) is 2.92. The smallest absolute Gasteiger partial charge is 0.343 e. The predicted molar refractivity (Wildman–Crippen MR) is 235 cm³/mol. The molecule has 2 aliphatic rings. The third-order valence-corrected chi connectivity index (χ3v) is 12.1. The fourth-order valence-corrected chi connectivity index (χ4v) is 8.29. The van der Waals surface area contributed by atoms with E-state index in [1.807, 2.05) is 49.2 Å². The van der Waals surface area contributed by atoms with Crippen LogP contribution in [0.15, 0.2) is 53.3 Å². The number of carbonyl (C=O) groups is 6. The van der Waals surface area contributed by atoms with E-state index in [2.05, 4.69) is 16.0 Å². The lowest BCUT2D eigenvalue weighted by Crippen LogP contribution is -2.44. The molecule has 17 heteroatoms. The zero-order valence-corrected chi connectivity index (χ0v) is 36.7. The minimum absolute atomic E-state index is 0.0195. The molecule has 3 amide bonds. The highest BCUT2D eigenvalue weighted by Gasteiger charge is 2.45. The Balaban J connectivity index is 1.06. The summed E-state index contributed by atoms with van der Waals surface area (Å²) in [5.41, 5.74) is 6.90. The van der Waals surface area contributed by atoms with Gasteiger partial charge in [-0.25, -0.2) is 14.2 Å². The topological polar surface area (TPSA) is 232 Å². The van der Waals surface area contributed by atoms with Gasteiger partial charge >= 0.3 is 5.97 Å². The molecule has 0 spiro atoms. The number of fused-ring (bicyclic) bond motifs is 5. The first-order chi connectivity index (χ1) is 30.6. The number of pyridine rings is 2. The molecule has 0 bridgehead atoms. The Bertz CT molecular complexity index is 2530. The summed E-state index contributed by atoms with van der Waals surface area (Å²) in [5.74, 6) is -2.93. The van der Waals surface area contributed by atoms with Gasteiger partial charge in [0.2, 0.25) is 17.7 Å². The Labute approximate surface area is 370 Å². The van der Waals surface area contributed by atoms with Gasteiger partial charge in [-0.2, -0.15) is 0 Å². The normalized spacial score (nSPS) is 16.0. The number of nitrogens with zero attached hydrogens (tertiary/aromatic N) is 3. The van der Waals surface area contributed by atoms with E-state index in [1.54, 1.807) is 26.0 Å². The Hall–Kier alpha value is -6.17. The van der Waals surface area contributed by atoms with Crippen molar-refractivity contribution in [3.8, 4) is 11.4 Å². The van der Waals surface area contributed by atoms with Crippen LogP contribution in [-0.2, 0) is 58.7 Å². The Morgan fingerprint density at radius 3 is 2.38 bits per heavy atom. The number of nitrogens with one attached hydrogen (secondary N) is 3. The number of hydrogen-bond acceptors (Lipinski definition) is 12. The van der Waals surface area contributed by atoms with Crippen molar-refractivity contribution in [1.82, 2.24) is 30.4 Å². The SMILES string of the molecule is CC[C@H](NC(=O)CCN(C)CCNC(=O)CCC(=O)[C@H](Cc1ccccc1)NC(=O)CCC(=O)CN)c1c2c(nc3cc(F)c(C)cc13)-c1cc3c(c(=O)n1C2)COC(=O)[C@]3(O)CC. The summed E-state index contributed by atoms with van der Waals surface area (Å²) < 4.78 is 21.8. The molecule has 2 aromatic heterocycles. The van der Waals surface area contributed by atoms with E-state index in [-0.39, 0.29) is 106 Å². The molecule has 0 radical (unpaired) electrons. The third-order valence-electron chi connectivity index (χ3n) is 12.1. The Kier molecular flexibility index (Phi) is 15.2. The molecule has 2 aliphatic heterocycles. The van der Waals surface area contributed by atoms with Crippen LogP contribution < -0.4 is 27.2 Å². The number of hydrogen-bond donors (Lipinski definition) is 5. The van der Waals surface area contributed by atoms with Crippen LogP contribution in [0.4, 0.5) is 4.39 Å². The number of ketones is 2. The molecule has 0 fully saturated rings. The minimum atomic E-state index is -2.02. The van der Waals surface area contributed by atoms with Crippen molar-refractivity contribution in [2.75, 3.05) is 33.2 Å². The average molecular weight is 882 g/mol. The second-order valence-electron chi connectivity index (χ2n) is 16.5. The molecule has 0 unspecified atom stereocenters. The van der Waals surface area contributed by atoms with Crippen molar-refractivity contribution >= 4 is 46.2 Å². The van der Waals surface area contributed by atoms with Gasteiger partial charge in [-0.1, -0.05) is 44.2 Å². The fourth-order valence-electron chi connectivity index (χ4n) is 8.29. The number of aromatic nitrogens is 2. The van der Waals surface area contributed by atoms with Crippen LogP contribution in [0.2, 0.25) is 0 Å². The lowest BCUT2D eigenvalue weighted by molar-refractivity contribution is -0.172. The van der Waals surface area contributed by atoms with E-state index in [0.717, 1.165) is 5.56 Å². The molecular weight excluding hydrogens is 826 g/mol. The molecule has 2 aromatic carbocycles. The molecule has 3 atom stereocenters. The van der Waals surface area contributed by atoms with E-state index in [1.165, 1.54) is 10.6 Å². The van der Waals surface area contributed by atoms with E-state index < -0.39 is 40.9 Å². The molecule has 4 aromatic rings. The summed E-state index contributed by atoms with van der Waals surface area (Å²) in [6, 6.07) is 12.4. The van der Waals surface area contributed by atoms with Crippen LogP contribution in [0.1, 0.15) is 98.2 Å². The highest BCUT2D eigenvalue weighted by atomic mass is 19.1. The van der Waals surface area contributed by atoms with Gasteiger partial charge in [0.15, 0.2) is 11.4 Å². The maximum absolute atomic E-state index is 15.0. The van der Waals surface area contributed by atoms with E-state index in [9.17, 15) is 38.7 Å². The second-order valence-corrected chi connectivity index (χ2v) is 16.5. The van der Waals surface area contributed by atoms with Crippen molar-refractivity contribution in [2.45, 2.75) is 103 Å². The molecule has 340 valence electrons. The van der Waals surface area contributed by atoms with Crippen molar-refractivity contribution in [3.63, 3.8) is 0 Å². The minimum Gasteiger partial charge on any atom is -0.458 e. The van der Waals surface area contributed by atoms with Gasteiger partial charge in [0.1, 0.15) is 18.2 Å². The monoisotopic (exact) mass is 881 g/mol. The first kappa shape index (κ1) is 47.3. The number of esters is 1. The molecule has 16 nitrogen and oxygen atoms in total. The van der Waals surface area contributed by atoms with Gasteiger partial charge in [0.25, 0.3) is 5.56 Å². The van der Waals surface area contributed by atoms with Crippen LogP contribution in [0, 0.1) is 12.7 Å². The lowest BCUT2D eigenvalue weighted by atomic mass is 9.86. The number of nitrogens with two attached hydrogens (primary N) is 1. The highest BCUT2D eigenvalue weighted by Crippen LogP contribution is 2.42. The van der Waals surface area contributed by atoms with Gasteiger partial charge in [0, 0.05) is 74.3 Å². The molecule has 4 heterocycles. The number of amides is 3. The zero-order chi connectivity index (χ0) is 46.3. The number of rotatable bonds is 21. The van der Waals surface area contributed by atoms with Gasteiger partial charge in [-0.15, -0.1) is 0 Å². The number of aliphatic hydroxyl groups is 1. The first-order valence-corrected chi connectivity index (χ1v) is 21.7. The molecule has 64 heavy (non-hydrogen) atoms. The summed E-state index contributed by atoms with van der Waals surface area (Å²) >= 11 is 0. The third kappa shape index (κ3) is 10.4. The molecule has 0 aliphatic carbocycles. The number of cyclic esters (lactones) is 1. The molecule has 0 saturated heterocycles. The van der Waals surface area contributed by atoms with Crippen LogP contribution >= 0.6 is 0 Å². The summed E-state index contributed by atoms with van der Waals surface area (Å²) in [6.07, 6.45) is 0.462. The Morgan fingerprint density at radius 1 is 0.953 bits per heavy atom. The highest BCUT2D eigenvalue weighted by molar-refractivity contribution is 5.93. The van der Waals surface area contributed by atoms with Gasteiger partial charge in [-0.05, 0) is 62.1 Å². The molecule has 6 rings (SSSR count). The largest absolute Gasteiger partial charge is 0.458 e. The van der Waals surface area contributed by atoms with Crippen LogP contribution in [-0.4, -0.2) is 94.1 Å². The number of benzene rings is 2. The van der Waals surface area contributed by atoms with E-state index >= 15 is 4.39 Å². The summed E-state index contributed by atoms with van der Waals surface area (Å²) in [4.78, 5) is 97.1. The number of halogens is 1. The van der Waals surface area contributed by atoms with Crippen molar-refractivity contribution < 1.29 is 43.0 Å². The second kappa shape index (κ2) is 20.6. The summed E-state index contributed by atoms with van der Waals surface area (Å²) in [7, 11) is 1.81. The number of Topliss-reactive ketones (excluding diaryl/α,β-unsaturated/α-hetero) is 2. The molecule has 0 saturated carbocycles. The standard InChI is InChI=1S/C47H56FN7O9/c1-5-35(43-30-20-27(3)34(48)23-36(30)53-44-31(43)25-55-38(44)22-33-32(45(55)61)26-64-46(62)47(33,63)6-2)51-42(60)16-18-54(4)19-17-50-40(58)15-13-39(57)37(21-28-10-8-7-9-11-28)52-41(59)14-12-29(56)24-49/h7-11,20,22-23,35,37,63H,5-6,12-19,21,24-26,49H2,1-4H3,(H,50,58)(H,51,60)(H,52,59)/t35-,37-,47-/m0/s1. The van der Waals surface area contributed by atoms with E-state index in [0.29, 0.717) is 58.5 Å². The lowest BCUT2D eigenvalue weighted by Gasteiger charge is -2.31. The van der Waals surface area contributed by atoms with Crippen molar-refractivity contribution in [2.24, 2.45) is 5.73 Å². The molecular formula is C47H56FN7O9. The number of ether oxygens (including phenoxy) is 1. The zero-order valence-electron chi connectivity index (χ0n) is 36.7. The first-order valence-electron chi connectivity index (χ1n) is 21.7. The maximum Gasteiger partial charge on any atom is 0.343 e. The van der Waals surface area contributed by atoms with Crippen LogP contribution in [0.25, 0.3) is 22.3 Å². The fraction of sp³-hybridized carbons (Fsp3) is 0.447. The van der Waals surface area contributed by atoms with Gasteiger partial charge in [-0.3, -0.25) is 28.8 Å². The number of carbonyl (C=O) groups excluding carboxylic acids is 6. The average Bonchev–Trinajstić information content (AvgIpc) is 3.65. The quantitative estimate of drug-likeness (QED) is 0.0670. The maximum atomic E-state index is 15.0. The number of aryl methyl sites for hydroxylation is 1. The van der Waals surface area contributed by atoms with E-state index in [4.69, 9.17) is 15.5 Å².